The van der Waals surface area contributed by atoms with E-state index in [-0.39, 0.29) is 5.91 Å². The predicted octanol–water partition coefficient (Wildman–Crippen LogP) is 6.82. The molecule has 1 heterocycles. The summed E-state index contributed by atoms with van der Waals surface area (Å²) in [6.07, 6.45) is 5.84. The normalized spacial score (nSPS) is 10.9. The summed E-state index contributed by atoms with van der Waals surface area (Å²) in [7, 11) is 3.35. The van der Waals surface area contributed by atoms with Gasteiger partial charge in [0.05, 0.1) is 25.6 Å². The average molecular weight is 510 g/mol. The van der Waals surface area contributed by atoms with Gasteiger partial charge in [0.25, 0.3) is 0 Å². The molecule has 0 spiro atoms. The lowest BCUT2D eigenvalue weighted by Gasteiger charge is -2.11. The standard InChI is InChI=1S/C29H39N3O3S/c1-5-7-9-20-30-26(33)11-8-10-21-36-29-31-27(22-12-16-24(34-3)17-13-22)28(32(29)6-2)23-14-18-25(35-4)19-15-23/h12-19H,5-11,20-21H2,1-4H3,(H,30,33). The maximum Gasteiger partial charge on any atom is 0.219 e. The Morgan fingerprint density at radius 3 is 2.11 bits per heavy atom. The molecule has 0 atom stereocenters. The highest BCUT2D eigenvalue weighted by Crippen LogP contribution is 2.37. The van der Waals surface area contributed by atoms with Gasteiger partial charge in [0.2, 0.25) is 5.91 Å². The maximum atomic E-state index is 12.0. The fraction of sp³-hybridized carbons (Fsp3) is 0.448. The predicted molar refractivity (Wildman–Crippen MR) is 149 cm³/mol. The van der Waals surface area contributed by atoms with Crippen molar-refractivity contribution in [2.24, 2.45) is 0 Å². The number of unbranched alkanes of at least 4 members (excludes halogenated alkanes) is 3. The van der Waals surface area contributed by atoms with Crippen molar-refractivity contribution in [2.45, 2.75) is 64.1 Å². The van der Waals surface area contributed by atoms with Gasteiger partial charge in [0.1, 0.15) is 11.5 Å². The smallest absolute Gasteiger partial charge is 0.219 e. The highest BCUT2D eigenvalue weighted by molar-refractivity contribution is 7.99. The Hall–Kier alpha value is -2.93. The number of benzene rings is 2. The van der Waals surface area contributed by atoms with Gasteiger partial charge in [-0.3, -0.25) is 4.79 Å². The van der Waals surface area contributed by atoms with E-state index in [1.54, 1.807) is 26.0 Å². The first kappa shape index (κ1) is 27.7. The second kappa shape index (κ2) is 14.6. The molecule has 0 saturated heterocycles. The first-order valence-electron chi connectivity index (χ1n) is 12.9. The number of imidazole rings is 1. The van der Waals surface area contributed by atoms with Crippen molar-refractivity contribution in [2.75, 3.05) is 26.5 Å². The molecule has 6 nitrogen and oxygen atoms in total. The lowest BCUT2D eigenvalue weighted by molar-refractivity contribution is -0.121. The molecule has 1 aromatic heterocycles. The molecule has 1 N–H and O–H groups in total. The van der Waals surface area contributed by atoms with Crippen molar-refractivity contribution < 1.29 is 14.3 Å². The molecule has 1 amide bonds. The number of nitrogens with zero attached hydrogens (tertiary/aromatic N) is 2. The van der Waals surface area contributed by atoms with Crippen LogP contribution in [0.5, 0.6) is 11.5 Å². The Balaban J connectivity index is 1.73. The zero-order chi connectivity index (χ0) is 25.8. The number of methoxy groups -OCH3 is 2. The van der Waals surface area contributed by atoms with Gasteiger partial charge in [0.15, 0.2) is 5.16 Å². The van der Waals surface area contributed by atoms with Gasteiger partial charge in [-0.25, -0.2) is 4.98 Å². The van der Waals surface area contributed by atoms with Gasteiger partial charge in [-0.2, -0.15) is 0 Å². The third-order valence-electron chi connectivity index (χ3n) is 6.11. The average Bonchev–Trinajstić information content (AvgIpc) is 3.29. The molecule has 194 valence electrons. The number of nitrogens with one attached hydrogen (secondary N) is 1. The molecule has 7 heteroatoms. The largest absolute Gasteiger partial charge is 0.497 e. The van der Waals surface area contributed by atoms with E-state index < -0.39 is 0 Å². The number of carbonyl (C=O) groups excluding carboxylic acids is 1. The Morgan fingerprint density at radius 1 is 0.889 bits per heavy atom. The Labute approximate surface area is 219 Å². The summed E-state index contributed by atoms with van der Waals surface area (Å²) in [5, 5.41) is 4.03. The summed E-state index contributed by atoms with van der Waals surface area (Å²) in [6, 6.07) is 16.2. The molecule has 0 fully saturated rings. The van der Waals surface area contributed by atoms with Crippen molar-refractivity contribution in [3.63, 3.8) is 0 Å². The number of aromatic nitrogens is 2. The molecule has 0 unspecified atom stereocenters. The second-order valence-corrected chi connectivity index (χ2v) is 9.72. The van der Waals surface area contributed by atoms with Crippen molar-refractivity contribution in [3.05, 3.63) is 48.5 Å². The van der Waals surface area contributed by atoms with Gasteiger partial charge >= 0.3 is 0 Å². The van der Waals surface area contributed by atoms with E-state index in [0.717, 1.165) is 83.7 Å². The van der Waals surface area contributed by atoms with E-state index in [0.29, 0.717) is 6.42 Å². The molecule has 0 saturated carbocycles. The van der Waals surface area contributed by atoms with Crippen molar-refractivity contribution in [1.82, 2.24) is 14.9 Å². The van der Waals surface area contributed by atoms with Crippen LogP contribution in [-0.2, 0) is 11.3 Å². The molecule has 0 aliphatic rings. The van der Waals surface area contributed by atoms with E-state index in [4.69, 9.17) is 14.5 Å². The molecule has 36 heavy (non-hydrogen) atoms. The van der Waals surface area contributed by atoms with Crippen LogP contribution in [-0.4, -0.2) is 42.0 Å². The monoisotopic (exact) mass is 509 g/mol. The van der Waals surface area contributed by atoms with E-state index in [1.807, 2.05) is 24.3 Å². The zero-order valence-electron chi connectivity index (χ0n) is 22.0. The topological polar surface area (TPSA) is 65.4 Å². The van der Waals surface area contributed by atoms with Gasteiger partial charge < -0.3 is 19.4 Å². The summed E-state index contributed by atoms with van der Waals surface area (Å²) in [5.74, 6) is 2.74. The summed E-state index contributed by atoms with van der Waals surface area (Å²) >= 11 is 1.76. The lowest BCUT2D eigenvalue weighted by Crippen LogP contribution is -2.23. The zero-order valence-corrected chi connectivity index (χ0v) is 22.8. The SMILES string of the molecule is CCCCCNC(=O)CCCCSc1nc(-c2ccc(OC)cc2)c(-c2ccc(OC)cc2)n1CC. The highest BCUT2D eigenvalue weighted by Gasteiger charge is 2.20. The minimum absolute atomic E-state index is 0.162. The Kier molecular flexibility index (Phi) is 11.2. The number of rotatable bonds is 15. The van der Waals surface area contributed by atoms with Crippen LogP contribution in [0.1, 0.15) is 52.4 Å². The molecule has 3 aromatic rings. The Bertz CT molecular complexity index is 1080. The van der Waals surface area contributed by atoms with Crippen LogP contribution in [0.15, 0.2) is 53.7 Å². The van der Waals surface area contributed by atoms with Crippen molar-refractivity contribution >= 4 is 17.7 Å². The van der Waals surface area contributed by atoms with Crippen LogP contribution in [0.2, 0.25) is 0 Å². The minimum Gasteiger partial charge on any atom is -0.497 e. The molecule has 3 rings (SSSR count). The number of hydrogen-bond donors (Lipinski definition) is 1. The second-order valence-electron chi connectivity index (χ2n) is 8.66. The van der Waals surface area contributed by atoms with Crippen molar-refractivity contribution in [1.29, 1.82) is 0 Å². The molecular formula is C29H39N3O3S. The van der Waals surface area contributed by atoms with E-state index >= 15 is 0 Å². The highest BCUT2D eigenvalue weighted by atomic mass is 32.2. The van der Waals surface area contributed by atoms with Crippen molar-refractivity contribution in [3.8, 4) is 34.0 Å². The quantitative estimate of drug-likeness (QED) is 0.180. The van der Waals surface area contributed by atoms with Crippen LogP contribution in [0, 0.1) is 0 Å². The molecule has 0 bridgehead atoms. The first-order chi connectivity index (χ1) is 17.6. The van der Waals surface area contributed by atoms with Gasteiger partial charge in [-0.1, -0.05) is 31.5 Å². The minimum atomic E-state index is 0.162. The molecule has 2 aromatic carbocycles. The van der Waals surface area contributed by atoms with Gasteiger partial charge in [-0.15, -0.1) is 0 Å². The summed E-state index contributed by atoms with van der Waals surface area (Å²) in [6.45, 7) is 5.92. The molecular weight excluding hydrogens is 470 g/mol. The van der Waals surface area contributed by atoms with Gasteiger partial charge in [0, 0.05) is 36.4 Å². The van der Waals surface area contributed by atoms with Crippen LogP contribution in [0.25, 0.3) is 22.5 Å². The molecule has 0 radical (unpaired) electrons. The summed E-state index contributed by atoms with van der Waals surface area (Å²) < 4.78 is 13.0. The van der Waals surface area contributed by atoms with Gasteiger partial charge in [-0.05, 0) is 74.7 Å². The summed E-state index contributed by atoms with van der Waals surface area (Å²) in [5.41, 5.74) is 4.20. The Morgan fingerprint density at radius 2 is 1.53 bits per heavy atom. The third kappa shape index (κ3) is 7.53. The molecule has 0 aliphatic heterocycles. The fourth-order valence-corrected chi connectivity index (χ4v) is 5.13. The van der Waals surface area contributed by atoms with Crippen LogP contribution in [0.3, 0.4) is 0 Å². The fourth-order valence-electron chi connectivity index (χ4n) is 4.07. The number of amides is 1. The third-order valence-corrected chi connectivity index (χ3v) is 7.17. The number of thioether (sulfide) groups is 1. The summed E-state index contributed by atoms with van der Waals surface area (Å²) in [4.78, 5) is 17.1. The van der Waals surface area contributed by atoms with E-state index in [9.17, 15) is 4.79 Å². The maximum absolute atomic E-state index is 12.0. The van der Waals surface area contributed by atoms with Crippen LogP contribution >= 0.6 is 11.8 Å². The van der Waals surface area contributed by atoms with E-state index in [1.165, 1.54) is 6.42 Å². The first-order valence-corrected chi connectivity index (χ1v) is 13.9. The number of hydrogen-bond acceptors (Lipinski definition) is 5. The molecule has 0 aliphatic carbocycles. The van der Waals surface area contributed by atoms with E-state index in [2.05, 4.69) is 48.0 Å². The number of carbonyl (C=O) groups is 1. The van der Waals surface area contributed by atoms with Crippen LogP contribution in [0.4, 0.5) is 0 Å². The van der Waals surface area contributed by atoms with Crippen LogP contribution < -0.4 is 14.8 Å². The lowest BCUT2D eigenvalue weighted by atomic mass is 10.0. The number of ether oxygens (including phenoxy) is 2.